The van der Waals surface area contributed by atoms with E-state index in [1.54, 1.807) is 6.08 Å². The van der Waals surface area contributed by atoms with Gasteiger partial charge >= 0.3 is 10.4 Å². The van der Waals surface area contributed by atoms with Gasteiger partial charge in [-0.1, -0.05) is 96.8 Å². The van der Waals surface area contributed by atoms with E-state index in [0.717, 1.165) is 25.5 Å². The molecule has 0 aliphatic heterocycles. The molecule has 144 valence electrons. The molecular weight excluding hydrogens is 324 g/mol. The largest absolute Gasteiger partial charge is 0.445 e. The van der Waals surface area contributed by atoms with Crippen molar-refractivity contribution in [1.29, 1.82) is 0 Å². The Hall–Kier alpha value is -0.550. The molecule has 0 radical (unpaired) electrons. The van der Waals surface area contributed by atoms with Crippen LogP contribution in [0.5, 0.6) is 0 Å². The van der Waals surface area contributed by atoms with Crippen LogP contribution in [0.1, 0.15) is 110 Å². The molecule has 0 aromatic heterocycles. The molecule has 0 saturated carbocycles. The van der Waals surface area contributed by atoms with E-state index in [0.29, 0.717) is 0 Å². The summed E-state index contributed by atoms with van der Waals surface area (Å²) in [6, 6.07) is 0. The summed E-state index contributed by atoms with van der Waals surface area (Å²) < 4.78 is 33.0. The summed E-state index contributed by atoms with van der Waals surface area (Å²) in [5.74, 6) is 0. The van der Waals surface area contributed by atoms with Crippen molar-refractivity contribution in [2.45, 2.75) is 110 Å². The van der Waals surface area contributed by atoms with Crippen LogP contribution in [0.3, 0.4) is 0 Å². The molecule has 1 N–H and O–H groups in total. The molecule has 0 aliphatic rings. The molecule has 0 heterocycles. The fourth-order valence-corrected chi connectivity index (χ4v) is 3.03. The number of unbranched alkanes of at least 4 members (excludes halogenated alkanes) is 15. The third kappa shape index (κ3) is 21.4. The minimum Gasteiger partial charge on any atom is -0.370 e. The summed E-state index contributed by atoms with van der Waals surface area (Å²) in [7, 11) is -4.33. The Balaban J connectivity index is 3.10. The Labute approximate surface area is 150 Å². The van der Waals surface area contributed by atoms with E-state index in [1.807, 2.05) is 0 Å². The van der Waals surface area contributed by atoms with Gasteiger partial charge in [-0.05, 0) is 18.9 Å². The molecule has 0 spiro atoms. The summed E-state index contributed by atoms with van der Waals surface area (Å²) in [4.78, 5) is 0. The highest BCUT2D eigenvalue weighted by Gasteiger charge is 1.98. The summed E-state index contributed by atoms with van der Waals surface area (Å²) in [5.41, 5.74) is 0. The maximum atomic E-state index is 10.3. The summed E-state index contributed by atoms with van der Waals surface area (Å²) >= 11 is 0. The van der Waals surface area contributed by atoms with Gasteiger partial charge in [0.1, 0.15) is 6.26 Å². The molecule has 5 heteroatoms. The lowest BCUT2D eigenvalue weighted by Gasteiger charge is -2.03. The highest BCUT2D eigenvalue weighted by atomic mass is 32.3. The quantitative estimate of drug-likeness (QED) is 0.170. The first kappa shape index (κ1) is 23.4. The van der Waals surface area contributed by atoms with Crippen molar-refractivity contribution >= 4 is 10.4 Å². The Kier molecular flexibility index (Phi) is 16.9. The predicted molar refractivity (Wildman–Crippen MR) is 101 cm³/mol. The molecule has 4 nitrogen and oxygen atoms in total. The van der Waals surface area contributed by atoms with E-state index in [2.05, 4.69) is 11.1 Å². The topological polar surface area (TPSA) is 63.6 Å². The van der Waals surface area contributed by atoms with Gasteiger partial charge < -0.3 is 4.18 Å². The summed E-state index contributed by atoms with van der Waals surface area (Å²) in [6.07, 6.45) is 23.5. The van der Waals surface area contributed by atoms with Gasteiger partial charge in [0, 0.05) is 0 Å². The minimum absolute atomic E-state index is 0.785. The number of allylic oxidation sites excluding steroid dienone is 1. The van der Waals surface area contributed by atoms with Crippen LogP contribution in [0.4, 0.5) is 0 Å². The second-order valence-electron chi connectivity index (χ2n) is 6.63. The second kappa shape index (κ2) is 17.3. The SMILES string of the molecule is CCCCCCCCCCCCCCCCC/C=C/OS(=O)(=O)O. The van der Waals surface area contributed by atoms with Crippen molar-refractivity contribution in [3.63, 3.8) is 0 Å². The van der Waals surface area contributed by atoms with Gasteiger partial charge in [0.15, 0.2) is 0 Å². The Morgan fingerprint density at radius 3 is 1.46 bits per heavy atom. The highest BCUT2D eigenvalue weighted by Crippen LogP contribution is 2.13. The third-order valence-corrected chi connectivity index (χ3v) is 4.60. The van der Waals surface area contributed by atoms with Crippen LogP contribution in [-0.4, -0.2) is 13.0 Å². The molecular formula is C19H38O4S. The molecule has 0 fully saturated rings. The molecule has 0 aromatic carbocycles. The van der Waals surface area contributed by atoms with Crippen molar-refractivity contribution < 1.29 is 17.2 Å². The predicted octanol–water partition coefficient (Wildman–Crippen LogP) is 6.58. The van der Waals surface area contributed by atoms with Gasteiger partial charge in [-0.2, -0.15) is 8.42 Å². The fraction of sp³-hybridized carbons (Fsp3) is 0.895. The number of hydrogen-bond donors (Lipinski definition) is 1. The van der Waals surface area contributed by atoms with E-state index < -0.39 is 10.4 Å². The fourth-order valence-electron chi connectivity index (χ4n) is 2.81. The standard InChI is InChI=1S/C19H38O4S/c1-2-3-4-5-6-7-8-9-10-11-12-13-14-15-16-17-18-19-23-24(20,21)22/h18-19H,2-17H2,1H3,(H,20,21,22)/b19-18+. The van der Waals surface area contributed by atoms with E-state index in [1.165, 1.54) is 83.5 Å². The lowest BCUT2D eigenvalue weighted by atomic mass is 10.0. The van der Waals surface area contributed by atoms with Crippen molar-refractivity contribution in [2.24, 2.45) is 0 Å². The summed E-state index contributed by atoms with van der Waals surface area (Å²) in [6.45, 7) is 2.26. The van der Waals surface area contributed by atoms with E-state index >= 15 is 0 Å². The van der Waals surface area contributed by atoms with Gasteiger partial charge in [0.05, 0.1) is 0 Å². The van der Waals surface area contributed by atoms with E-state index in [-0.39, 0.29) is 0 Å². The summed E-state index contributed by atoms with van der Waals surface area (Å²) in [5, 5.41) is 0. The van der Waals surface area contributed by atoms with Crippen LogP contribution >= 0.6 is 0 Å². The van der Waals surface area contributed by atoms with Gasteiger partial charge in [-0.15, -0.1) is 0 Å². The molecule has 0 saturated heterocycles. The normalized spacial score (nSPS) is 12.1. The lowest BCUT2D eigenvalue weighted by Crippen LogP contribution is -1.96. The smallest absolute Gasteiger partial charge is 0.370 e. The Morgan fingerprint density at radius 2 is 1.08 bits per heavy atom. The monoisotopic (exact) mass is 362 g/mol. The van der Waals surface area contributed by atoms with Crippen molar-refractivity contribution in [2.75, 3.05) is 0 Å². The second-order valence-corrected chi connectivity index (χ2v) is 7.68. The molecule has 0 bridgehead atoms. The maximum Gasteiger partial charge on any atom is 0.445 e. The average molecular weight is 363 g/mol. The van der Waals surface area contributed by atoms with Crippen LogP contribution in [-0.2, 0) is 14.6 Å². The van der Waals surface area contributed by atoms with Crippen molar-refractivity contribution in [3.8, 4) is 0 Å². The van der Waals surface area contributed by atoms with Crippen molar-refractivity contribution in [3.05, 3.63) is 12.3 Å². The number of rotatable bonds is 18. The molecule has 0 rings (SSSR count). The third-order valence-electron chi connectivity index (χ3n) is 4.25. The van der Waals surface area contributed by atoms with Gasteiger partial charge in [0.25, 0.3) is 0 Å². The first-order valence-corrected chi connectivity index (χ1v) is 11.2. The highest BCUT2D eigenvalue weighted by molar-refractivity contribution is 7.81. The van der Waals surface area contributed by atoms with Crippen molar-refractivity contribution in [1.82, 2.24) is 0 Å². The lowest BCUT2D eigenvalue weighted by molar-refractivity contribution is 0.355. The zero-order valence-corrected chi connectivity index (χ0v) is 16.4. The van der Waals surface area contributed by atoms with Crippen LogP contribution in [0.15, 0.2) is 12.3 Å². The average Bonchev–Trinajstić information content (AvgIpc) is 2.52. The van der Waals surface area contributed by atoms with Crippen LogP contribution in [0.2, 0.25) is 0 Å². The Morgan fingerprint density at radius 1 is 0.708 bits per heavy atom. The number of hydrogen-bond acceptors (Lipinski definition) is 3. The van der Waals surface area contributed by atoms with Gasteiger partial charge in [-0.3, -0.25) is 4.55 Å². The van der Waals surface area contributed by atoms with Crippen LogP contribution in [0.25, 0.3) is 0 Å². The van der Waals surface area contributed by atoms with Gasteiger partial charge in [-0.25, -0.2) is 0 Å². The van der Waals surface area contributed by atoms with E-state index in [4.69, 9.17) is 4.55 Å². The molecule has 0 amide bonds. The molecule has 0 unspecified atom stereocenters. The Bertz CT molecular complexity index is 377. The molecule has 0 atom stereocenters. The first-order valence-electron chi connectivity index (χ1n) is 9.87. The maximum absolute atomic E-state index is 10.3. The zero-order valence-electron chi connectivity index (χ0n) is 15.5. The molecule has 24 heavy (non-hydrogen) atoms. The van der Waals surface area contributed by atoms with Crippen LogP contribution in [0, 0.1) is 0 Å². The van der Waals surface area contributed by atoms with E-state index in [9.17, 15) is 8.42 Å². The molecule has 0 aromatic rings. The first-order chi connectivity index (χ1) is 11.6. The minimum atomic E-state index is -4.33. The van der Waals surface area contributed by atoms with Gasteiger partial charge in [0.2, 0.25) is 0 Å². The zero-order chi connectivity index (χ0) is 17.9. The van der Waals surface area contributed by atoms with Crippen LogP contribution < -0.4 is 0 Å². The molecule has 0 aliphatic carbocycles.